The van der Waals surface area contributed by atoms with Crippen LogP contribution in [-0.2, 0) is 4.74 Å². The van der Waals surface area contributed by atoms with E-state index >= 15 is 0 Å². The molecule has 102 valence electrons. The Balaban J connectivity index is 1.71. The molecular weight excluding hydrogens is 226 g/mol. The van der Waals surface area contributed by atoms with Gasteiger partial charge < -0.3 is 4.74 Å². The van der Waals surface area contributed by atoms with Crippen molar-refractivity contribution < 1.29 is 9.31 Å². The van der Waals surface area contributed by atoms with Gasteiger partial charge in [0.05, 0.1) is 20.3 Å². The maximum atomic E-state index is 5.34. The number of hydrogen-bond donors (Lipinski definition) is 0. The van der Waals surface area contributed by atoms with Crippen molar-refractivity contribution in [3.8, 4) is 0 Å². The number of nitrogens with zero attached hydrogens (tertiary/aromatic N) is 3. The Kier molecular flexibility index (Phi) is 5.85. The molecule has 0 atom stereocenters. The van der Waals surface area contributed by atoms with Gasteiger partial charge in [0.1, 0.15) is 6.54 Å². The minimum atomic E-state index is 0.532. The molecule has 0 aromatic carbocycles. The van der Waals surface area contributed by atoms with Crippen LogP contribution in [0.3, 0.4) is 0 Å². The molecule has 0 aromatic heterocycles. The van der Waals surface area contributed by atoms with Crippen LogP contribution in [0.5, 0.6) is 0 Å². The van der Waals surface area contributed by atoms with E-state index < -0.39 is 0 Å². The lowest BCUT2D eigenvalue weighted by Gasteiger charge is -2.25. The average molecular weight is 252 g/mol. The molecule has 0 aromatic rings. The molecule has 0 N–H and O–H groups in total. The first-order valence-electron chi connectivity index (χ1n) is 7.31. The Labute approximate surface area is 110 Å². The maximum Gasteiger partial charge on any atom is 0.306 e. The predicted octanol–water partition coefficient (Wildman–Crippen LogP) is 1.47. The second-order valence-corrected chi connectivity index (χ2v) is 5.40. The predicted molar refractivity (Wildman–Crippen MR) is 72.6 cm³/mol. The number of hydrogen-bond acceptors (Lipinski definition) is 3. The van der Waals surface area contributed by atoms with Gasteiger partial charge in [-0.25, -0.2) is 4.58 Å². The SMILES string of the molecule is C[N+](=C=NC1CCCCC1)CCN1CCOCC1. The third kappa shape index (κ3) is 4.89. The largest absolute Gasteiger partial charge is 0.379 e. The van der Waals surface area contributed by atoms with E-state index in [0.29, 0.717) is 6.04 Å². The molecule has 4 nitrogen and oxygen atoms in total. The van der Waals surface area contributed by atoms with Crippen molar-refractivity contribution in [2.75, 3.05) is 46.4 Å². The summed E-state index contributed by atoms with van der Waals surface area (Å²) in [6, 6.07) is 3.72. The summed E-state index contributed by atoms with van der Waals surface area (Å²) >= 11 is 0. The summed E-state index contributed by atoms with van der Waals surface area (Å²) in [5.74, 6) is 0. The van der Waals surface area contributed by atoms with Crippen LogP contribution in [-0.4, -0.2) is 68.0 Å². The zero-order chi connectivity index (χ0) is 12.6. The highest BCUT2D eigenvalue weighted by Crippen LogP contribution is 2.19. The third-order valence-electron chi connectivity index (χ3n) is 3.84. The van der Waals surface area contributed by atoms with Gasteiger partial charge in [-0.05, 0) is 30.7 Å². The number of rotatable bonds is 4. The molecule has 2 aliphatic rings. The Hall–Kier alpha value is -0.700. The van der Waals surface area contributed by atoms with Crippen molar-refractivity contribution in [2.24, 2.45) is 4.99 Å². The Morgan fingerprint density at radius 1 is 1.22 bits per heavy atom. The fraction of sp³-hybridized carbons (Fsp3) is 0.929. The lowest BCUT2D eigenvalue weighted by molar-refractivity contribution is -0.491. The van der Waals surface area contributed by atoms with Crippen molar-refractivity contribution >= 4 is 6.01 Å². The second-order valence-electron chi connectivity index (χ2n) is 5.40. The summed E-state index contributed by atoms with van der Waals surface area (Å²) in [7, 11) is 2.08. The van der Waals surface area contributed by atoms with Gasteiger partial charge in [0.25, 0.3) is 0 Å². The lowest BCUT2D eigenvalue weighted by atomic mass is 9.96. The van der Waals surface area contributed by atoms with Gasteiger partial charge in [-0.2, -0.15) is 0 Å². The first-order valence-corrected chi connectivity index (χ1v) is 7.31. The van der Waals surface area contributed by atoms with Gasteiger partial charge >= 0.3 is 6.01 Å². The van der Waals surface area contributed by atoms with E-state index in [1.165, 1.54) is 32.1 Å². The molecule has 0 spiro atoms. The highest BCUT2D eigenvalue weighted by atomic mass is 16.5. The molecule has 1 aliphatic heterocycles. The fourth-order valence-electron chi connectivity index (χ4n) is 2.56. The van der Waals surface area contributed by atoms with Crippen LogP contribution < -0.4 is 0 Å². The quantitative estimate of drug-likeness (QED) is 0.560. The van der Waals surface area contributed by atoms with Crippen LogP contribution in [0.1, 0.15) is 32.1 Å². The van der Waals surface area contributed by atoms with Crippen molar-refractivity contribution in [1.82, 2.24) is 4.90 Å². The van der Waals surface area contributed by atoms with Gasteiger partial charge in [0, 0.05) is 19.6 Å². The highest BCUT2D eigenvalue weighted by Gasteiger charge is 2.16. The minimum Gasteiger partial charge on any atom is -0.379 e. The molecule has 0 bridgehead atoms. The van der Waals surface area contributed by atoms with E-state index in [2.05, 4.69) is 27.5 Å². The van der Waals surface area contributed by atoms with E-state index in [4.69, 9.17) is 4.74 Å². The first kappa shape index (κ1) is 13.7. The summed E-state index contributed by atoms with van der Waals surface area (Å²) in [5, 5.41) is 0. The molecule has 18 heavy (non-hydrogen) atoms. The minimum absolute atomic E-state index is 0.532. The van der Waals surface area contributed by atoms with Crippen LogP contribution in [0, 0.1) is 0 Å². The van der Waals surface area contributed by atoms with Crippen molar-refractivity contribution in [2.45, 2.75) is 38.1 Å². The normalized spacial score (nSPS) is 22.5. The topological polar surface area (TPSA) is 27.8 Å². The average Bonchev–Trinajstić information content (AvgIpc) is 2.45. The smallest absolute Gasteiger partial charge is 0.306 e. The zero-order valence-electron chi connectivity index (χ0n) is 11.6. The van der Waals surface area contributed by atoms with Crippen LogP contribution in [0.15, 0.2) is 4.99 Å². The molecule has 1 aliphatic carbocycles. The number of likely N-dealkylation sites (N-methyl/N-ethyl adjacent to an activating group) is 1. The summed E-state index contributed by atoms with van der Waals surface area (Å²) in [6.07, 6.45) is 6.58. The van der Waals surface area contributed by atoms with E-state index in [1.807, 2.05) is 0 Å². The summed E-state index contributed by atoms with van der Waals surface area (Å²) in [4.78, 5) is 7.03. The van der Waals surface area contributed by atoms with Crippen LogP contribution in [0.2, 0.25) is 0 Å². The molecule has 0 radical (unpaired) electrons. The van der Waals surface area contributed by atoms with E-state index in [9.17, 15) is 0 Å². The number of aliphatic imine (C=N–C) groups is 1. The van der Waals surface area contributed by atoms with Gasteiger partial charge in [-0.3, -0.25) is 4.90 Å². The first-order chi connectivity index (χ1) is 8.84. The molecule has 2 fully saturated rings. The van der Waals surface area contributed by atoms with Gasteiger partial charge in [-0.1, -0.05) is 6.42 Å². The Morgan fingerprint density at radius 3 is 2.67 bits per heavy atom. The summed E-state index contributed by atoms with van der Waals surface area (Å²) < 4.78 is 7.45. The van der Waals surface area contributed by atoms with Gasteiger partial charge in [0.2, 0.25) is 0 Å². The highest BCUT2D eigenvalue weighted by molar-refractivity contribution is 5.34. The molecule has 4 heteroatoms. The molecular formula is C14H26N3O+. The van der Waals surface area contributed by atoms with E-state index in [0.717, 1.165) is 39.4 Å². The molecule has 1 saturated heterocycles. The van der Waals surface area contributed by atoms with Crippen molar-refractivity contribution in [3.05, 3.63) is 0 Å². The third-order valence-corrected chi connectivity index (χ3v) is 3.84. The monoisotopic (exact) mass is 252 g/mol. The van der Waals surface area contributed by atoms with Gasteiger partial charge in [0.15, 0.2) is 6.04 Å². The maximum absolute atomic E-state index is 5.34. The van der Waals surface area contributed by atoms with Crippen LogP contribution >= 0.6 is 0 Å². The fourth-order valence-corrected chi connectivity index (χ4v) is 2.56. The number of ether oxygens (including phenoxy) is 1. The summed E-state index contributed by atoms with van der Waals surface area (Å²) in [5.41, 5.74) is 0. The molecule has 1 heterocycles. The Bertz CT molecular complexity index is 298. The van der Waals surface area contributed by atoms with E-state index in [-0.39, 0.29) is 0 Å². The standard InChI is InChI=1S/C14H26N3O/c1-16(7-8-17-9-11-18-12-10-17)13-15-14-5-3-2-4-6-14/h14H,2-12H2,1H3/q+1. The Morgan fingerprint density at radius 2 is 1.94 bits per heavy atom. The van der Waals surface area contributed by atoms with Crippen LogP contribution in [0.4, 0.5) is 0 Å². The molecule has 2 rings (SSSR count). The van der Waals surface area contributed by atoms with Crippen molar-refractivity contribution in [1.29, 1.82) is 0 Å². The molecule has 0 unspecified atom stereocenters. The zero-order valence-corrected chi connectivity index (χ0v) is 11.6. The van der Waals surface area contributed by atoms with Crippen molar-refractivity contribution in [3.63, 3.8) is 0 Å². The number of morpholine rings is 1. The van der Waals surface area contributed by atoms with Crippen LogP contribution in [0.25, 0.3) is 0 Å². The molecule has 1 saturated carbocycles. The molecule has 0 amide bonds. The summed E-state index contributed by atoms with van der Waals surface area (Å²) in [6.45, 7) is 5.98. The van der Waals surface area contributed by atoms with E-state index in [1.54, 1.807) is 0 Å². The second kappa shape index (κ2) is 7.67. The lowest BCUT2D eigenvalue weighted by Crippen LogP contribution is -2.39. The van der Waals surface area contributed by atoms with Gasteiger partial charge in [-0.15, -0.1) is 0 Å².